The van der Waals surface area contributed by atoms with Crippen LogP contribution in [0.5, 0.6) is 0 Å². The number of rotatable bonds is 6. The standard InChI is InChI=1S/C12H16N4O2S3/c1-4-16(5-2)21(17,18)10-6-7-11(13-8-10)20-12-15-14-9(3)19-12/h6-8H,4-5H2,1-3H3. The van der Waals surface area contributed by atoms with Gasteiger partial charge in [0, 0.05) is 19.3 Å². The van der Waals surface area contributed by atoms with E-state index in [-0.39, 0.29) is 4.90 Å². The minimum absolute atomic E-state index is 0.212. The van der Waals surface area contributed by atoms with Gasteiger partial charge in [0.25, 0.3) is 0 Å². The molecule has 0 radical (unpaired) electrons. The number of aryl methyl sites for hydroxylation is 1. The first-order chi connectivity index (χ1) is 9.97. The van der Waals surface area contributed by atoms with E-state index in [1.54, 1.807) is 12.1 Å². The largest absolute Gasteiger partial charge is 0.248 e. The Balaban J connectivity index is 2.19. The normalized spacial score (nSPS) is 12.0. The van der Waals surface area contributed by atoms with Crippen molar-refractivity contribution in [3.63, 3.8) is 0 Å². The lowest BCUT2D eigenvalue weighted by Gasteiger charge is -2.18. The van der Waals surface area contributed by atoms with Crippen LogP contribution in [-0.4, -0.2) is 41.0 Å². The van der Waals surface area contributed by atoms with Crippen molar-refractivity contribution in [2.24, 2.45) is 0 Å². The molecule has 0 aromatic carbocycles. The number of sulfonamides is 1. The summed E-state index contributed by atoms with van der Waals surface area (Å²) in [4.78, 5) is 4.41. The maximum atomic E-state index is 12.3. The summed E-state index contributed by atoms with van der Waals surface area (Å²) in [6, 6.07) is 3.27. The Morgan fingerprint density at radius 1 is 1.24 bits per heavy atom. The zero-order chi connectivity index (χ0) is 15.5. The summed E-state index contributed by atoms with van der Waals surface area (Å²) >= 11 is 2.85. The lowest BCUT2D eigenvalue weighted by molar-refractivity contribution is 0.445. The predicted octanol–water partition coefficient (Wildman–Crippen LogP) is 2.42. The molecule has 0 atom stereocenters. The Morgan fingerprint density at radius 2 is 1.95 bits per heavy atom. The van der Waals surface area contributed by atoms with Crippen LogP contribution in [-0.2, 0) is 10.0 Å². The van der Waals surface area contributed by atoms with Crippen LogP contribution in [0.4, 0.5) is 0 Å². The number of pyridine rings is 1. The smallest absolute Gasteiger partial charge is 0.244 e. The number of hydrogen-bond acceptors (Lipinski definition) is 7. The number of hydrogen-bond donors (Lipinski definition) is 0. The summed E-state index contributed by atoms with van der Waals surface area (Å²) in [6.45, 7) is 6.40. The average Bonchev–Trinajstić information content (AvgIpc) is 2.86. The lowest BCUT2D eigenvalue weighted by atomic mass is 10.5. The van der Waals surface area contributed by atoms with Crippen molar-refractivity contribution in [1.29, 1.82) is 0 Å². The highest BCUT2D eigenvalue weighted by molar-refractivity contribution is 8.01. The summed E-state index contributed by atoms with van der Waals surface area (Å²) in [5.74, 6) is 0. The van der Waals surface area contributed by atoms with Crippen molar-refractivity contribution in [2.75, 3.05) is 13.1 Å². The highest BCUT2D eigenvalue weighted by Gasteiger charge is 2.21. The van der Waals surface area contributed by atoms with Crippen LogP contribution in [0.3, 0.4) is 0 Å². The third kappa shape index (κ3) is 3.79. The summed E-state index contributed by atoms with van der Waals surface area (Å²) in [5.41, 5.74) is 0. The van der Waals surface area contributed by atoms with Crippen molar-refractivity contribution in [1.82, 2.24) is 19.5 Å². The zero-order valence-corrected chi connectivity index (χ0v) is 14.4. The Labute approximate surface area is 132 Å². The van der Waals surface area contributed by atoms with Gasteiger partial charge in [-0.1, -0.05) is 25.2 Å². The SMILES string of the molecule is CCN(CC)S(=O)(=O)c1ccc(Sc2nnc(C)s2)nc1. The van der Waals surface area contributed by atoms with Gasteiger partial charge < -0.3 is 0 Å². The van der Waals surface area contributed by atoms with Gasteiger partial charge in [0.05, 0.1) is 0 Å². The van der Waals surface area contributed by atoms with Gasteiger partial charge in [-0.2, -0.15) is 4.31 Å². The van der Waals surface area contributed by atoms with Gasteiger partial charge in [0.1, 0.15) is 14.9 Å². The Bertz CT molecular complexity index is 694. The molecule has 0 aliphatic carbocycles. The first kappa shape index (κ1) is 16.3. The highest BCUT2D eigenvalue weighted by atomic mass is 32.2. The van der Waals surface area contributed by atoms with E-state index < -0.39 is 10.0 Å². The molecule has 0 amide bonds. The molecule has 2 aromatic rings. The van der Waals surface area contributed by atoms with Gasteiger partial charge >= 0.3 is 0 Å². The molecule has 2 heterocycles. The van der Waals surface area contributed by atoms with Crippen molar-refractivity contribution >= 4 is 33.1 Å². The van der Waals surface area contributed by atoms with Crippen LogP contribution in [0.15, 0.2) is 32.6 Å². The molecule has 2 aromatic heterocycles. The molecule has 21 heavy (non-hydrogen) atoms. The van der Waals surface area contributed by atoms with Gasteiger partial charge in [-0.15, -0.1) is 10.2 Å². The fourth-order valence-electron chi connectivity index (χ4n) is 1.70. The quantitative estimate of drug-likeness (QED) is 0.801. The monoisotopic (exact) mass is 344 g/mol. The highest BCUT2D eigenvalue weighted by Crippen LogP contribution is 2.29. The van der Waals surface area contributed by atoms with E-state index in [1.165, 1.54) is 33.6 Å². The maximum absolute atomic E-state index is 12.3. The Kier molecular flexibility index (Phi) is 5.31. The minimum atomic E-state index is -3.45. The zero-order valence-electron chi connectivity index (χ0n) is 12.0. The molecule has 0 bridgehead atoms. The first-order valence-electron chi connectivity index (χ1n) is 6.41. The van der Waals surface area contributed by atoms with Crippen molar-refractivity contribution < 1.29 is 8.42 Å². The first-order valence-corrected chi connectivity index (χ1v) is 9.48. The Morgan fingerprint density at radius 3 is 2.43 bits per heavy atom. The maximum Gasteiger partial charge on any atom is 0.244 e. The molecule has 0 spiro atoms. The van der Waals surface area contributed by atoms with Crippen LogP contribution in [0.1, 0.15) is 18.9 Å². The second kappa shape index (κ2) is 6.82. The molecule has 6 nitrogen and oxygen atoms in total. The van der Waals surface area contributed by atoms with Crippen LogP contribution >= 0.6 is 23.1 Å². The number of aromatic nitrogens is 3. The van der Waals surface area contributed by atoms with Crippen LogP contribution in [0.25, 0.3) is 0 Å². The third-order valence-corrected chi connectivity index (χ3v) is 6.63. The van der Waals surface area contributed by atoms with Crippen molar-refractivity contribution in [3.8, 4) is 0 Å². The molecule has 2 rings (SSSR count). The molecular weight excluding hydrogens is 328 g/mol. The third-order valence-electron chi connectivity index (χ3n) is 2.75. The molecule has 9 heteroatoms. The van der Waals surface area contributed by atoms with Gasteiger partial charge in [0.15, 0.2) is 4.34 Å². The summed E-state index contributed by atoms with van der Waals surface area (Å²) < 4.78 is 26.9. The molecule has 0 fully saturated rings. The topological polar surface area (TPSA) is 76.1 Å². The molecule has 0 saturated carbocycles. The van der Waals surface area contributed by atoms with Gasteiger partial charge in [-0.25, -0.2) is 13.4 Å². The lowest BCUT2D eigenvalue weighted by Crippen LogP contribution is -2.30. The fourth-order valence-corrected chi connectivity index (χ4v) is 4.81. The van der Waals surface area contributed by atoms with Gasteiger partial charge in [0.2, 0.25) is 10.0 Å². The predicted molar refractivity (Wildman–Crippen MR) is 83.1 cm³/mol. The van der Waals surface area contributed by atoms with E-state index in [9.17, 15) is 8.42 Å². The van der Waals surface area contributed by atoms with Crippen LogP contribution in [0.2, 0.25) is 0 Å². The van der Waals surface area contributed by atoms with Gasteiger partial charge in [-0.05, 0) is 30.8 Å². The summed E-state index contributed by atoms with van der Waals surface area (Å²) in [5, 5.41) is 9.52. The van der Waals surface area contributed by atoms with E-state index >= 15 is 0 Å². The second-order valence-electron chi connectivity index (χ2n) is 4.11. The number of nitrogens with zero attached hydrogens (tertiary/aromatic N) is 4. The molecule has 0 saturated heterocycles. The van der Waals surface area contributed by atoms with Crippen molar-refractivity contribution in [3.05, 3.63) is 23.3 Å². The van der Waals surface area contributed by atoms with Crippen LogP contribution in [0, 0.1) is 6.92 Å². The Hall–Kier alpha value is -1.03. The second-order valence-corrected chi connectivity index (χ2v) is 8.50. The summed E-state index contributed by atoms with van der Waals surface area (Å²) in [7, 11) is -3.45. The molecule has 0 N–H and O–H groups in total. The average molecular weight is 344 g/mol. The molecule has 0 aliphatic rings. The van der Waals surface area contributed by atoms with E-state index in [0.717, 1.165) is 9.35 Å². The molecule has 0 unspecified atom stereocenters. The minimum Gasteiger partial charge on any atom is -0.248 e. The molecule has 0 aliphatic heterocycles. The van der Waals surface area contributed by atoms with E-state index in [0.29, 0.717) is 18.1 Å². The van der Waals surface area contributed by atoms with E-state index in [2.05, 4.69) is 15.2 Å². The van der Waals surface area contributed by atoms with Gasteiger partial charge in [-0.3, -0.25) is 0 Å². The van der Waals surface area contributed by atoms with Crippen LogP contribution < -0.4 is 0 Å². The summed E-state index contributed by atoms with van der Waals surface area (Å²) in [6.07, 6.45) is 1.39. The van der Waals surface area contributed by atoms with E-state index in [4.69, 9.17) is 0 Å². The van der Waals surface area contributed by atoms with E-state index in [1.807, 2.05) is 20.8 Å². The molecule has 114 valence electrons. The fraction of sp³-hybridized carbons (Fsp3) is 0.417. The molecular formula is C12H16N4O2S3. The van der Waals surface area contributed by atoms with Crippen molar-refractivity contribution in [2.45, 2.75) is 35.0 Å².